The number of hydrogen-bond donors (Lipinski definition) is 0. The van der Waals surface area contributed by atoms with Crippen molar-refractivity contribution in [3.05, 3.63) is 0 Å². The molecule has 0 spiro atoms. The highest BCUT2D eigenvalue weighted by molar-refractivity contribution is 5.71. The van der Waals surface area contributed by atoms with Crippen LogP contribution in [-0.4, -0.2) is 37.2 Å². The second-order valence-electron chi connectivity index (χ2n) is 19.9. The van der Waals surface area contributed by atoms with Crippen molar-refractivity contribution in [3.63, 3.8) is 0 Å². The highest BCUT2D eigenvalue weighted by atomic mass is 16.6. The Morgan fingerprint density at radius 1 is 0.339 bits per heavy atom. The summed E-state index contributed by atoms with van der Waals surface area (Å²) in [5.74, 6) is 0.816. The summed E-state index contributed by atoms with van der Waals surface area (Å²) in [5.41, 5.74) is 0. The molecule has 0 heterocycles. The van der Waals surface area contributed by atoms with E-state index >= 15 is 0 Å². The number of carbonyl (C=O) groups excluding carboxylic acids is 3. The molecule has 1 unspecified atom stereocenters. The van der Waals surface area contributed by atoms with E-state index in [0.29, 0.717) is 19.3 Å². The highest BCUT2D eigenvalue weighted by Crippen LogP contribution is 2.18. The Hall–Kier alpha value is -1.59. The summed E-state index contributed by atoms with van der Waals surface area (Å²) in [6, 6.07) is 0. The first-order valence-corrected chi connectivity index (χ1v) is 27.8. The van der Waals surface area contributed by atoms with E-state index < -0.39 is 6.10 Å². The molecular weight excluding hydrogens is 769 g/mol. The van der Waals surface area contributed by atoms with Crippen molar-refractivity contribution in [2.45, 2.75) is 317 Å². The van der Waals surface area contributed by atoms with Gasteiger partial charge in [0.05, 0.1) is 0 Å². The van der Waals surface area contributed by atoms with Crippen LogP contribution in [0.2, 0.25) is 0 Å². The zero-order valence-electron chi connectivity index (χ0n) is 42.5. The van der Waals surface area contributed by atoms with E-state index in [1.165, 1.54) is 199 Å². The molecule has 0 rings (SSSR count). The van der Waals surface area contributed by atoms with Gasteiger partial charge in [-0.25, -0.2) is 0 Å². The van der Waals surface area contributed by atoms with Crippen LogP contribution in [0.3, 0.4) is 0 Å². The van der Waals surface area contributed by atoms with E-state index in [2.05, 4.69) is 34.6 Å². The first-order chi connectivity index (χ1) is 30.3. The fourth-order valence-corrected chi connectivity index (χ4v) is 8.49. The third kappa shape index (κ3) is 47.9. The lowest BCUT2D eigenvalue weighted by Gasteiger charge is -2.18. The lowest BCUT2D eigenvalue weighted by Crippen LogP contribution is -2.30. The third-order valence-corrected chi connectivity index (χ3v) is 13.1. The Morgan fingerprint density at radius 3 is 0.919 bits per heavy atom. The van der Waals surface area contributed by atoms with Crippen LogP contribution in [0, 0.1) is 11.8 Å². The van der Waals surface area contributed by atoms with Gasteiger partial charge in [0.25, 0.3) is 0 Å². The molecule has 368 valence electrons. The molecule has 0 amide bonds. The SMILES string of the molecule is CCCCCCCCCCCCCCCCCCCCCC(=O)OC[C@@H](COC(=O)CCCCCCCCCCCCC(C)CC)OC(=O)CCCCCCCCCCC(C)C. The fraction of sp³-hybridized carbons (Fsp3) is 0.946. The number of hydrogen-bond acceptors (Lipinski definition) is 6. The van der Waals surface area contributed by atoms with Gasteiger partial charge in [0.15, 0.2) is 6.10 Å². The summed E-state index contributed by atoms with van der Waals surface area (Å²) < 4.78 is 16.8. The smallest absolute Gasteiger partial charge is 0.306 e. The van der Waals surface area contributed by atoms with Gasteiger partial charge in [-0.2, -0.15) is 0 Å². The lowest BCUT2D eigenvalue weighted by molar-refractivity contribution is -0.167. The lowest BCUT2D eigenvalue weighted by atomic mass is 9.99. The van der Waals surface area contributed by atoms with Crippen molar-refractivity contribution in [3.8, 4) is 0 Å². The monoisotopic (exact) mass is 877 g/mol. The molecule has 0 aliphatic carbocycles. The van der Waals surface area contributed by atoms with Crippen LogP contribution in [0.25, 0.3) is 0 Å². The summed E-state index contributed by atoms with van der Waals surface area (Å²) in [5, 5.41) is 0. The molecule has 0 aliphatic heterocycles. The Balaban J connectivity index is 4.25. The molecule has 0 saturated heterocycles. The fourth-order valence-electron chi connectivity index (χ4n) is 8.49. The average Bonchev–Trinajstić information content (AvgIpc) is 3.26. The molecule has 0 bridgehead atoms. The standard InChI is InChI=1S/C56H108O6/c1-6-8-9-10-11-12-13-14-15-16-17-18-19-20-21-25-31-36-41-46-54(57)60-49-53(62-56(59)48-43-38-33-28-27-29-34-39-44-51(3)4)50-61-55(58)47-42-37-32-26-23-22-24-30-35-40-45-52(5)7-2/h51-53H,6-50H2,1-5H3/t52?,53-/m0/s1. The average molecular weight is 877 g/mol. The Morgan fingerprint density at radius 2 is 0.613 bits per heavy atom. The number of unbranched alkanes of at least 4 members (excludes halogenated alkanes) is 34. The molecule has 0 fully saturated rings. The second-order valence-corrected chi connectivity index (χ2v) is 19.9. The van der Waals surface area contributed by atoms with Crippen molar-refractivity contribution in [1.29, 1.82) is 0 Å². The molecule has 0 aromatic rings. The Bertz CT molecular complexity index is 949. The van der Waals surface area contributed by atoms with E-state index in [-0.39, 0.29) is 31.1 Å². The van der Waals surface area contributed by atoms with E-state index in [9.17, 15) is 14.4 Å². The van der Waals surface area contributed by atoms with E-state index in [1.807, 2.05) is 0 Å². The number of rotatable bonds is 50. The van der Waals surface area contributed by atoms with Crippen molar-refractivity contribution in [2.24, 2.45) is 11.8 Å². The van der Waals surface area contributed by atoms with Gasteiger partial charge in [0.1, 0.15) is 13.2 Å². The predicted molar refractivity (Wildman–Crippen MR) is 266 cm³/mol. The first-order valence-electron chi connectivity index (χ1n) is 27.8. The molecule has 0 aromatic heterocycles. The summed E-state index contributed by atoms with van der Waals surface area (Å²) in [4.78, 5) is 38.0. The topological polar surface area (TPSA) is 78.9 Å². The minimum absolute atomic E-state index is 0.0638. The summed E-state index contributed by atoms with van der Waals surface area (Å²) in [6.45, 7) is 11.4. The van der Waals surface area contributed by atoms with Gasteiger partial charge < -0.3 is 14.2 Å². The van der Waals surface area contributed by atoms with Gasteiger partial charge in [-0.15, -0.1) is 0 Å². The van der Waals surface area contributed by atoms with Gasteiger partial charge in [-0.3, -0.25) is 14.4 Å². The largest absolute Gasteiger partial charge is 0.462 e. The van der Waals surface area contributed by atoms with E-state index in [1.54, 1.807) is 0 Å². The zero-order chi connectivity index (χ0) is 45.4. The van der Waals surface area contributed by atoms with Crippen LogP contribution < -0.4 is 0 Å². The maximum absolute atomic E-state index is 12.8. The molecule has 0 aliphatic rings. The van der Waals surface area contributed by atoms with Crippen LogP contribution in [0.15, 0.2) is 0 Å². The predicted octanol–water partition coefficient (Wildman–Crippen LogP) is 18.1. The van der Waals surface area contributed by atoms with E-state index in [0.717, 1.165) is 69.6 Å². The molecule has 2 atom stereocenters. The molecule has 0 saturated carbocycles. The zero-order valence-corrected chi connectivity index (χ0v) is 42.5. The van der Waals surface area contributed by atoms with Crippen molar-refractivity contribution >= 4 is 17.9 Å². The molecule has 62 heavy (non-hydrogen) atoms. The molecule has 0 aromatic carbocycles. The van der Waals surface area contributed by atoms with Gasteiger partial charge in [-0.05, 0) is 31.1 Å². The van der Waals surface area contributed by atoms with Gasteiger partial charge in [0, 0.05) is 19.3 Å². The summed E-state index contributed by atoms with van der Waals surface area (Å²) in [6.07, 6.45) is 50.9. The molecule has 0 N–H and O–H groups in total. The minimum atomic E-state index is -0.763. The maximum Gasteiger partial charge on any atom is 0.306 e. The second kappa shape index (κ2) is 48.9. The Kier molecular flexibility index (Phi) is 47.6. The number of esters is 3. The molecular formula is C56H108O6. The van der Waals surface area contributed by atoms with Crippen LogP contribution in [-0.2, 0) is 28.6 Å². The third-order valence-electron chi connectivity index (χ3n) is 13.1. The van der Waals surface area contributed by atoms with Crippen LogP contribution in [0.4, 0.5) is 0 Å². The van der Waals surface area contributed by atoms with Crippen LogP contribution >= 0.6 is 0 Å². The van der Waals surface area contributed by atoms with Crippen molar-refractivity contribution in [1.82, 2.24) is 0 Å². The van der Waals surface area contributed by atoms with Gasteiger partial charge in [0.2, 0.25) is 0 Å². The van der Waals surface area contributed by atoms with Crippen molar-refractivity contribution in [2.75, 3.05) is 13.2 Å². The maximum atomic E-state index is 12.8. The molecule has 6 heteroatoms. The van der Waals surface area contributed by atoms with Crippen LogP contribution in [0.5, 0.6) is 0 Å². The first kappa shape index (κ1) is 60.4. The van der Waals surface area contributed by atoms with Gasteiger partial charge in [-0.1, -0.05) is 272 Å². The Labute approximate surface area is 387 Å². The summed E-state index contributed by atoms with van der Waals surface area (Å²) in [7, 11) is 0. The quantitative estimate of drug-likeness (QED) is 0.0344. The van der Waals surface area contributed by atoms with Crippen LogP contribution in [0.1, 0.15) is 311 Å². The molecule has 6 nitrogen and oxygen atoms in total. The summed E-state index contributed by atoms with van der Waals surface area (Å²) >= 11 is 0. The van der Waals surface area contributed by atoms with Gasteiger partial charge >= 0.3 is 17.9 Å². The van der Waals surface area contributed by atoms with Crippen molar-refractivity contribution < 1.29 is 28.6 Å². The highest BCUT2D eigenvalue weighted by Gasteiger charge is 2.19. The molecule has 0 radical (unpaired) electrons. The normalized spacial score (nSPS) is 12.5. The van der Waals surface area contributed by atoms with E-state index in [4.69, 9.17) is 14.2 Å². The minimum Gasteiger partial charge on any atom is -0.462 e. The number of carbonyl (C=O) groups is 3. The number of ether oxygens (including phenoxy) is 3.